The third-order valence-electron chi connectivity index (χ3n) is 3.84. The van der Waals surface area contributed by atoms with Crippen LogP contribution in [0.3, 0.4) is 0 Å². The Morgan fingerprint density at radius 2 is 2.09 bits per heavy atom. The SMILES string of the molecule is CC(Sc1nnc(C2CC2)n1C)C(=O)NCc1ccc(Cl)cc1. The van der Waals surface area contributed by atoms with Crippen molar-refractivity contribution in [1.82, 2.24) is 20.1 Å². The van der Waals surface area contributed by atoms with Crippen LogP contribution in [0.15, 0.2) is 29.4 Å². The van der Waals surface area contributed by atoms with Crippen LogP contribution in [0.4, 0.5) is 0 Å². The molecule has 2 aromatic rings. The molecule has 3 rings (SSSR count). The topological polar surface area (TPSA) is 59.8 Å². The first-order valence-electron chi connectivity index (χ1n) is 7.62. The zero-order valence-electron chi connectivity index (χ0n) is 13.1. The lowest BCUT2D eigenvalue weighted by molar-refractivity contribution is -0.120. The maximum absolute atomic E-state index is 12.2. The van der Waals surface area contributed by atoms with E-state index >= 15 is 0 Å². The molecule has 1 atom stereocenters. The first-order valence-corrected chi connectivity index (χ1v) is 8.88. The van der Waals surface area contributed by atoms with Gasteiger partial charge in [-0.05, 0) is 37.5 Å². The van der Waals surface area contributed by atoms with Crippen molar-refractivity contribution in [3.63, 3.8) is 0 Å². The fourth-order valence-corrected chi connectivity index (χ4v) is 3.24. The summed E-state index contributed by atoms with van der Waals surface area (Å²) in [6, 6.07) is 7.45. The molecule has 0 bridgehead atoms. The van der Waals surface area contributed by atoms with Gasteiger partial charge in [0.15, 0.2) is 5.16 Å². The number of hydrogen-bond acceptors (Lipinski definition) is 4. The highest BCUT2D eigenvalue weighted by atomic mass is 35.5. The van der Waals surface area contributed by atoms with Crippen LogP contribution >= 0.6 is 23.4 Å². The Morgan fingerprint density at radius 1 is 1.39 bits per heavy atom. The van der Waals surface area contributed by atoms with Gasteiger partial charge in [-0.3, -0.25) is 4.79 Å². The number of halogens is 1. The maximum atomic E-state index is 12.2. The van der Waals surface area contributed by atoms with Gasteiger partial charge in [0, 0.05) is 24.5 Å². The number of carbonyl (C=O) groups is 1. The van der Waals surface area contributed by atoms with E-state index < -0.39 is 0 Å². The van der Waals surface area contributed by atoms with Gasteiger partial charge in [-0.1, -0.05) is 35.5 Å². The Morgan fingerprint density at radius 3 is 2.74 bits per heavy atom. The monoisotopic (exact) mass is 350 g/mol. The van der Waals surface area contributed by atoms with Crippen LogP contribution in [0.1, 0.15) is 37.1 Å². The quantitative estimate of drug-likeness (QED) is 0.813. The normalized spacial score (nSPS) is 15.4. The van der Waals surface area contributed by atoms with Gasteiger partial charge in [0.05, 0.1) is 5.25 Å². The van der Waals surface area contributed by atoms with E-state index in [1.165, 1.54) is 24.6 Å². The molecule has 0 saturated heterocycles. The predicted octanol–water partition coefficient (Wildman–Crippen LogP) is 3.14. The lowest BCUT2D eigenvalue weighted by Gasteiger charge is -2.11. The number of nitrogens with zero attached hydrogens (tertiary/aromatic N) is 3. The average molecular weight is 351 g/mol. The van der Waals surface area contributed by atoms with E-state index in [0.29, 0.717) is 17.5 Å². The largest absolute Gasteiger partial charge is 0.351 e. The highest BCUT2D eigenvalue weighted by Crippen LogP contribution is 2.39. The summed E-state index contributed by atoms with van der Waals surface area (Å²) in [7, 11) is 1.97. The van der Waals surface area contributed by atoms with Crippen molar-refractivity contribution >= 4 is 29.3 Å². The smallest absolute Gasteiger partial charge is 0.233 e. The number of benzene rings is 1. The summed E-state index contributed by atoms with van der Waals surface area (Å²) in [6.45, 7) is 2.38. The van der Waals surface area contributed by atoms with Crippen molar-refractivity contribution in [3.05, 3.63) is 40.7 Å². The summed E-state index contributed by atoms with van der Waals surface area (Å²) in [5.74, 6) is 1.57. The molecule has 1 saturated carbocycles. The minimum Gasteiger partial charge on any atom is -0.351 e. The van der Waals surface area contributed by atoms with Gasteiger partial charge in [-0.2, -0.15) is 0 Å². The molecular weight excluding hydrogens is 332 g/mol. The third kappa shape index (κ3) is 4.06. The molecule has 1 heterocycles. The molecule has 1 fully saturated rings. The van der Waals surface area contributed by atoms with Crippen LogP contribution in [-0.2, 0) is 18.4 Å². The molecule has 1 N–H and O–H groups in total. The van der Waals surface area contributed by atoms with Crippen molar-refractivity contribution in [1.29, 1.82) is 0 Å². The second kappa shape index (κ2) is 6.93. The van der Waals surface area contributed by atoms with E-state index in [9.17, 15) is 4.79 Å². The van der Waals surface area contributed by atoms with Crippen molar-refractivity contribution in [2.24, 2.45) is 7.05 Å². The van der Waals surface area contributed by atoms with Crippen LogP contribution in [0.5, 0.6) is 0 Å². The molecule has 1 aliphatic rings. The number of carbonyl (C=O) groups excluding carboxylic acids is 1. The molecule has 1 aromatic heterocycles. The lowest BCUT2D eigenvalue weighted by atomic mass is 10.2. The van der Waals surface area contributed by atoms with Crippen molar-refractivity contribution in [2.45, 2.75) is 42.6 Å². The summed E-state index contributed by atoms with van der Waals surface area (Å²) < 4.78 is 2.01. The van der Waals surface area contributed by atoms with Crippen LogP contribution in [0, 0.1) is 0 Å². The average Bonchev–Trinajstić information content (AvgIpc) is 3.32. The third-order valence-corrected chi connectivity index (χ3v) is 5.23. The Hall–Kier alpha value is -1.53. The molecular formula is C16H19ClN4OS. The molecule has 1 unspecified atom stereocenters. The number of amides is 1. The first kappa shape index (κ1) is 16.3. The Labute approximate surface area is 144 Å². The van der Waals surface area contributed by atoms with Crippen LogP contribution < -0.4 is 5.32 Å². The zero-order chi connectivity index (χ0) is 16.4. The van der Waals surface area contributed by atoms with E-state index in [2.05, 4.69) is 15.5 Å². The van der Waals surface area contributed by atoms with E-state index in [-0.39, 0.29) is 11.2 Å². The van der Waals surface area contributed by atoms with Crippen LogP contribution in [0.25, 0.3) is 0 Å². The van der Waals surface area contributed by atoms with Crippen molar-refractivity contribution in [2.75, 3.05) is 0 Å². The predicted molar refractivity (Wildman–Crippen MR) is 91.6 cm³/mol. The number of aromatic nitrogens is 3. The van der Waals surface area contributed by atoms with Gasteiger partial charge >= 0.3 is 0 Å². The van der Waals surface area contributed by atoms with E-state index in [1.807, 2.05) is 42.8 Å². The Bertz CT molecular complexity index is 697. The van der Waals surface area contributed by atoms with Crippen molar-refractivity contribution in [3.8, 4) is 0 Å². The van der Waals surface area contributed by atoms with Crippen LogP contribution in [0.2, 0.25) is 5.02 Å². The summed E-state index contributed by atoms with van der Waals surface area (Å²) in [6.07, 6.45) is 2.38. The highest BCUT2D eigenvalue weighted by Gasteiger charge is 2.30. The molecule has 1 amide bonds. The number of rotatable bonds is 6. The minimum atomic E-state index is -0.225. The second-order valence-corrected chi connectivity index (χ2v) is 7.52. The summed E-state index contributed by atoms with van der Waals surface area (Å²) in [5.41, 5.74) is 1.02. The summed E-state index contributed by atoms with van der Waals surface area (Å²) >= 11 is 7.29. The van der Waals surface area contributed by atoms with Gasteiger partial charge in [-0.25, -0.2) is 0 Å². The van der Waals surface area contributed by atoms with Gasteiger partial charge < -0.3 is 9.88 Å². The molecule has 7 heteroatoms. The molecule has 0 spiro atoms. The fraction of sp³-hybridized carbons (Fsp3) is 0.438. The van der Waals surface area contributed by atoms with Gasteiger partial charge in [0.25, 0.3) is 0 Å². The van der Waals surface area contributed by atoms with Crippen molar-refractivity contribution < 1.29 is 4.79 Å². The van der Waals surface area contributed by atoms with Gasteiger partial charge in [-0.15, -0.1) is 10.2 Å². The minimum absolute atomic E-state index is 0.0130. The molecule has 1 aromatic carbocycles. The van der Waals surface area contributed by atoms with Crippen LogP contribution in [-0.4, -0.2) is 25.9 Å². The summed E-state index contributed by atoms with van der Waals surface area (Å²) in [4.78, 5) is 12.2. The number of nitrogens with one attached hydrogen (secondary N) is 1. The molecule has 23 heavy (non-hydrogen) atoms. The first-order chi connectivity index (χ1) is 11.0. The zero-order valence-corrected chi connectivity index (χ0v) is 14.7. The van der Waals surface area contributed by atoms with Gasteiger partial charge in [0.2, 0.25) is 5.91 Å². The van der Waals surface area contributed by atoms with E-state index in [4.69, 9.17) is 11.6 Å². The number of thioether (sulfide) groups is 1. The Balaban J connectivity index is 1.54. The van der Waals surface area contributed by atoms with E-state index in [0.717, 1.165) is 16.5 Å². The second-order valence-electron chi connectivity index (χ2n) is 5.78. The standard InChI is InChI=1S/C16H19ClN4OS/c1-10(15(22)18-9-11-3-7-13(17)8-4-11)23-16-20-19-14(21(16)2)12-5-6-12/h3-4,7-8,10,12H,5-6,9H2,1-2H3,(H,18,22). The fourth-order valence-electron chi connectivity index (χ4n) is 2.27. The maximum Gasteiger partial charge on any atom is 0.233 e. The molecule has 122 valence electrons. The number of hydrogen-bond donors (Lipinski definition) is 1. The molecule has 1 aliphatic carbocycles. The summed E-state index contributed by atoms with van der Waals surface area (Å²) in [5, 5.41) is 12.6. The van der Waals surface area contributed by atoms with Gasteiger partial charge in [0.1, 0.15) is 5.82 Å². The molecule has 5 nitrogen and oxygen atoms in total. The van der Waals surface area contributed by atoms with E-state index in [1.54, 1.807) is 0 Å². The molecule has 0 aliphatic heterocycles. The molecule has 0 radical (unpaired) electrons. The lowest BCUT2D eigenvalue weighted by Crippen LogP contribution is -2.30. The Kier molecular flexibility index (Phi) is 4.92. The highest BCUT2D eigenvalue weighted by molar-refractivity contribution is 8.00.